The summed E-state index contributed by atoms with van der Waals surface area (Å²) in [6.07, 6.45) is 0.506. The zero-order valence-corrected chi connectivity index (χ0v) is 23.7. The topological polar surface area (TPSA) is 105 Å². The van der Waals surface area contributed by atoms with Crippen LogP contribution >= 0.6 is 11.6 Å². The number of nitrogens with one attached hydrogen (secondary N) is 2. The highest BCUT2D eigenvalue weighted by atomic mass is 35.5. The van der Waals surface area contributed by atoms with E-state index in [9.17, 15) is 18.0 Å². The summed E-state index contributed by atoms with van der Waals surface area (Å²) < 4.78 is 32.0. The number of ether oxygens (including phenoxy) is 1. The average Bonchev–Trinajstić information content (AvgIpc) is 2.93. The first-order valence-electron chi connectivity index (χ1n) is 12.7. The van der Waals surface area contributed by atoms with Crippen LogP contribution in [0.4, 0.5) is 0 Å². The number of nitrogens with zero attached hydrogens (tertiary/aromatic N) is 1. The molecule has 0 saturated heterocycles. The Labute approximate surface area is 235 Å². The van der Waals surface area contributed by atoms with Gasteiger partial charge in [0, 0.05) is 38.2 Å². The standard InChI is InChI=1S/C29H34ClN3O5S/c1-3-32-39(36,37)26-16-11-22(12-17-26)13-18-27(34)33(21-23-9-14-25(30)15-10-23)28(24-7-5-4-6-8-24)29(35)31-19-20-38-2/h4-12,14-17,28,32H,3,13,18-21H2,1-2H3,(H,31,35). The molecule has 1 unspecified atom stereocenters. The molecule has 8 nitrogen and oxygen atoms in total. The third-order valence-electron chi connectivity index (χ3n) is 6.06. The molecule has 10 heteroatoms. The highest BCUT2D eigenvalue weighted by molar-refractivity contribution is 7.89. The predicted molar refractivity (Wildman–Crippen MR) is 152 cm³/mol. The Balaban J connectivity index is 1.87. The van der Waals surface area contributed by atoms with Crippen molar-refractivity contribution < 1.29 is 22.7 Å². The third-order valence-corrected chi connectivity index (χ3v) is 7.88. The number of hydrogen-bond acceptors (Lipinski definition) is 5. The molecule has 0 saturated carbocycles. The number of carbonyl (C=O) groups is 2. The fraction of sp³-hybridized carbons (Fsp3) is 0.310. The number of methoxy groups -OCH3 is 1. The van der Waals surface area contributed by atoms with Crippen LogP contribution in [0.1, 0.15) is 36.1 Å². The van der Waals surface area contributed by atoms with Crippen LogP contribution in [0, 0.1) is 0 Å². The van der Waals surface area contributed by atoms with Crippen molar-refractivity contribution in [3.63, 3.8) is 0 Å². The average molecular weight is 572 g/mol. The summed E-state index contributed by atoms with van der Waals surface area (Å²) in [6.45, 7) is 2.87. The maximum Gasteiger partial charge on any atom is 0.247 e. The lowest BCUT2D eigenvalue weighted by molar-refractivity contribution is -0.141. The summed E-state index contributed by atoms with van der Waals surface area (Å²) >= 11 is 6.07. The molecule has 0 spiro atoms. The molecule has 0 bridgehead atoms. The molecular formula is C29H34ClN3O5S. The van der Waals surface area contributed by atoms with Gasteiger partial charge in [0.15, 0.2) is 0 Å². The molecule has 0 fully saturated rings. The number of sulfonamides is 1. The Hall–Kier alpha value is -3.24. The molecule has 0 aliphatic rings. The second kappa shape index (κ2) is 14.8. The summed E-state index contributed by atoms with van der Waals surface area (Å²) in [6, 6.07) is 21.9. The molecule has 0 aliphatic carbocycles. The number of carbonyl (C=O) groups excluding carboxylic acids is 2. The van der Waals surface area contributed by atoms with Gasteiger partial charge in [0.25, 0.3) is 0 Å². The van der Waals surface area contributed by atoms with E-state index in [-0.39, 0.29) is 29.7 Å². The normalized spacial score (nSPS) is 12.1. The van der Waals surface area contributed by atoms with Gasteiger partial charge < -0.3 is 15.0 Å². The van der Waals surface area contributed by atoms with E-state index in [1.807, 2.05) is 42.5 Å². The molecule has 208 valence electrons. The first-order chi connectivity index (χ1) is 18.7. The van der Waals surface area contributed by atoms with Crippen LogP contribution in [0.25, 0.3) is 0 Å². The Morgan fingerprint density at radius 2 is 1.59 bits per heavy atom. The molecule has 3 aromatic carbocycles. The van der Waals surface area contributed by atoms with Gasteiger partial charge in [-0.25, -0.2) is 13.1 Å². The second-order valence-corrected chi connectivity index (χ2v) is 11.1. The molecule has 3 aromatic rings. The van der Waals surface area contributed by atoms with Crippen molar-refractivity contribution in [2.45, 2.75) is 37.2 Å². The van der Waals surface area contributed by atoms with E-state index < -0.39 is 16.1 Å². The van der Waals surface area contributed by atoms with Gasteiger partial charge in [0.05, 0.1) is 11.5 Å². The third kappa shape index (κ3) is 8.90. The van der Waals surface area contributed by atoms with Crippen molar-refractivity contribution >= 4 is 33.4 Å². The number of rotatable bonds is 14. The summed E-state index contributed by atoms with van der Waals surface area (Å²) in [4.78, 5) is 28.9. The largest absolute Gasteiger partial charge is 0.383 e. The number of halogens is 1. The highest BCUT2D eigenvalue weighted by Crippen LogP contribution is 2.26. The van der Waals surface area contributed by atoms with Gasteiger partial charge in [0.2, 0.25) is 21.8 Å². The van der Waals surface area contributed by atoms with E-state index in [0.717, 1.165) is 11.1 Å². The highest BCUT2D eigenvalue weighted by Gasteiger charge is 2.31. The monoisotopic (exact) mass is 571 g/mol. The Morgan fingerprint density at radius 3 is 2.21 bits per heavy atom. The molecule has 0 aromatic heterocycles. The molecule has 0 radical (unpaired) electrons. The number of aryl methyl sites for hydroxylation is 1. The van der Waals surface area contributed by atoms with Gasteiger partial charge in [-0.2, -0.15) is 0 Å². The fourth-order valence-corrected chi connectivity index (χ4v) is 5.26. The minimum atomic E-state index is -3.56. The summed E-state index contributed by atoms with van der Waals surface area (Å²) in [7, 11) is -2.00. The smallest absolute Gasteiger partial charge is 0.247 e. The number of benzene rings is 3. The van der Waals surface area contributed by atoms with Gasteiger partial charge >= 0.3 is 0 Å². The van der Waals surface area contributed by atoms with E-state index in [0.29, 0.717) is 36.7 Å². The van der Waals surface area contributed by atoms with Gasteiger partial charge in [-0.3, -0.25) is 9.59 Å². The van der Waals surface area contributed by atoms with Crippen molar-refractivity contribution in [1.82, 2.24) is 14.9 Å². The Kier molecular flexibility index (Phi) is 11.5. The molecule has 0 heterocycles. The zero-order chi connectivity index (χ0) is 28.3. The molecule has 1 atom stereocenters. The zero-order valence-electron chi connectivity index (χ0n) is 22.1. The van der Waals surface area contributed by atoms with Crippen molar-refractivity contribution in [3.8, 4) is 0 Å². The van der Waals surface area contributed by atoms with Crippen LogP contribution < -0.4 is 10.0 Å². The molecule has 3 rings (SSSR count). The Bertz CT molecular complexity index is 1320. The fourth-order valence-electron chi connectivity index (χ4n) is 4.09. The van der Waals surface area contributed by atoms with E-state index in [1.165, 1.54) is 12.1 Å². The van der Waals surface area contributed by atoms with Gasteiger partial charge in [-0.15, -0.1) is 0 Å². The number of hydrogen-bond donors (Lipinski definition) is 2. The van der Waals surface area contributed by atoms with Crippen LogP contribution in [0.2, 0.25) is 5.02 Å². The van der Waals surface area contributed by atoms with Crippen molar-refractivity contribution in [2.24, 2.45) is 0 Å². The van der Waals surface area contributed by atoms with Crippen LogP contribution in [-0.4, -0.2) is 51.9 Å². The SMILES string of the molecule is CCNS(=O)(=O)c1ccc(CCC(=O)N(Cc2ccc(Cl)cc2)C(C(=O)NCCOC)c2ccccc2)cc1. The van der Waals surface area contributed by atoms with E-state index in [4.69, 9.17) is 16.3 Å². The van der Waals surface area contributed by atoms with Gasteiger partial charge in [0.1, 0.15) is 6.04 Å². The minimum Gasteiger partial charge on any atom is -0.383 e. The molecule has 0 aliphatic heterocycles. The maximum atomic E-state index is 13.7. The van der Waals surface area contributed by atoms with Gasteiger partial charge in [-0.05, 0) is 47.4 Å². The quantitative estimate of drug-likeness (QED) is 0.283. The van der Waals surface area contributed by atoms with E-state index in [1.54, 1.807) is 43.2 Å². The van der Waals surface area contributed by atoms with Crippen molar-refractivity contribution in [1.29, 1.82) is 0 Å². The first kappa shape index (κ1) is 30.3. The summed E-state index contributed by atoms with van der Waals surface area (Å²) in [5, 5.41) is 3.45. The lowest BCUT2D eigenvalue weighted by atomic mass is 10.0. The van der Waals surface area contributed by atoms with Crippen LogP contribution in [0.15, 0.2) is 83.8 Å². The molecule has 2 amide bonds. The van der Waals surface area contributed by atoms with Crippen molar-refractivity contribution in [3.05, 3.63) is 101 Å². The first-order valence-corrected chi connectivity index (χ1v) is 14.6. The lowest BCUT2D eigenvalue weighted by Gasteiger charge is -2.32. The van der Waals surface area contributed by atoms with Crippen LogP contribution in [0.3, 0.4) is 0 Å². The molecular weight excluding hydrogens is 538 g/mol. The lowest BCUT2D eigenvalue weighted by Crippen LogP contribution is -2.44. The van der Waals surface area contributed by atoms with Crippen LogP contribution in [-0.2, 0) is 37.3 Å². The van der Waals surface area contributed by atoms with E-state index >= 15 is 0 Å². The Morgan fingerprint density at radius 1 is 0.949 bits per heavy atom. The molecule has 39 heavy (non-hydrogen) atoms. The van der Waals surface area contributed by atoms with Gasteiger partial charge in [-0.1, -0.05) is 73.1 Å². The van der Waals surface area contributed by atoms with Crippen molar-refractivity contribution in [2.75, 3.05) is 26.8 Å². The predicted octanol–water partition coefficient (Wildman–Crippen LogP) is 4.10. The summed E-state index contributed by atoms with van der Waals surface area (Å²) in [5.41, 5.74) is 2.33. The number of amides is 2. The van der Waals surface area contributed by atoms with Crippen LogP contribution in [0.5, 0.6) is 0 Å². The minimum absolute atomic E-state index is 0.127. The maximum absolute atomic E-state index is 13.7. The second-order valence-electron chi connectivity index (χ2n) is 8.89. The molecule has 2 N–H and O–H groups in total. The summed E-state index contributed by atoms with van der Waals surface area (Å²) in [5.74, 6) is -0.524. The van der Waals surface area contributed by atoms with E-state index in [2.05, 4.69) is 10.0 Å².